The Hall–Kier alpha value is -1.40. The van der Waals surface area contributed by atoms with Crippen LogP contribution in [0.2, 0.25) is 5.02 Å². The Morgan fingerprint density at radius 1 is 1.40 bits per heavy atom. The molecule has 3 rings (SSSR count). The second-order valence-corrected chi connectivity index (χ2v) is 7.78. The van der Waals surface area contributed by atoms with Gasteiger partial charge in [-0.15, -0.1) is 11.3 Å². The summed E-state index contributed by atoms with van der Waals surface area (Å²) in [4.78, 5) is 16.0. The number of nitrogens with zero attached hydrogens (tertiary/aromatic N) is 1. The number of amides is 1. The number of ether oxygens (including phenoxy) is 1. The number of hydrogen-bond acceptors (Lipinski definition) is 4. The van der Waals surface area contributed by atoms with Crippen molar-refractivity contribution in [2.45, 2.75) is 32.4 Å². The third-order valence-corrected chi connectivity index (χ3v) is 5.62. The molecule has 2 aromatic rings. The van der Waals surface area contributed by atoms with Crippen molar-refractivity contribution in [2.24, 2.45) is 0 Å². The van der Waals surface area contributed by atoms with E-state index in [1.165, 1.54) is 4.88 Å². The molecule has 1 aliphatic rings. The van der Waals surface area contributed by atoms with Crippen LogP contribution in [0.4, 0.5) is 5.69 Å². The van der Waals surface area contributed by atoms with E-state index in [1.54, 1.807) is 11.3 Å². The van der Waals surface area contributed by atoms with Gasteiger partial charge in [0.1, 0.15) is 0 Å². The normalized spacial score (nSPS) is 17.2. The number of anilines is 1. The van der Waals surface area contributed by atoms with E-state index in [2.05, 4.69) is 21.7 Å². The van der Waals surface area contributed by atoms with Gasteiger partial charge in [0.15, 0.2) is 0 Å². The number of hydrogen-bond donors (Lipinski definition) is 1. The van der Waals surface area contributed by atoms with Crippen molar-refractivity contribution in [3.05, 3.63) is 51.2 Å². The van der Waals surface area contributed by atoms with E-state index in [9.17, 15) is 4.79 Å². The van der Waals surface area contributed by atoms with Crippen LogP contribution in [0.25, 0.3) is 0 Å². The number of thiophene rings is 1. The smallest absolute Gasteiger partial charge is 0.238 e. The molecule has 6 heteroatoms. The predicted octanol–water partition coefficient (Wildman–Crippen LogP) is 4.33. The molecule has 0 unspecified atom stereocenters. The summed E-state index contributed by atoms with van der Waals surface area (Å²) in [6.45, 7) is 4.61. The molecule has 1 atom stereocenters. The van der Waals surface area contributed by atoms with Crippen molar-refractivity contribution >= 4 is 34.5 Å². The molecule has 134 valence electrons. The average Bonchev–Trinajstić information content (AvgIpc) is 3.26. The number of nitrogens with one attached hydrogen (secondary N) is 1. The van der Waals surface area contributed by atoms with Gasteiger partial charge in [-0.2, -0.15) is 0 Å². The van der Waals surface area contributed by atoms with Crippen LogP contribution in [0.5, 0.6) is 0 Å². The van der Waals surface area contributed by atoms with Gasteiger partial charge in [0, 0.05) is 35.3 Å². The Balaban J connectivity index is 1.63. The summed E-state index contributed by atoms with van der Waals surface area (Å²) in [5, 5.41) is 5.71. The summed E-state index contributed by atoms with van der Waals surface area (Å²) in [6.07, 6.45) is 2.39. The van der Waals surface area contributed by atoms with E-state index in [0.717, 1.165) is 43.8 Å². The van der Waals surface area contributed by atoms with Crippen LogP contribution in [0, 0.1) is 6.92 Å². The Morgan fingerprint density at radius 3 is 3.00 bits per heavy atom. The number of carbonyl (C=O) groups is 1. The van der Waals surface area contributed by atoms with Gasteiger partial charge in [0.25, 0.3) is 0 Å². The second-order valence-electron chi connectivity index (χ2n) is 6.34. The van der Waals surface area contributed by atoms with Gasteiger partial charge in [0.2, 0.25) is 5.91 Å². The Kier molecular flexibility index (Phi) is 6.48. The van der Waals surface area contributed by atoms with Crippen LogP contribution in [-0.4, -0.2) is 36.6 Å². The fourth-order valence-corrected chi connectivity index (χ4v) is 3.94. The number of carbonyl (C=O) groups excluding carboxylic acids is 1. The minimum absolute atomic E-state index is 0.0279. The van der Waals surface area contributed by atoms with Crippen LogP contribution in [0.3, 0.4) is 0 Å². The van der Waals surface area contributed by atoms with E-state index in [-0.39, 0.29) is 12.0 Å². The summed E-state index contributed by atoms with van der Waals surface area (Å²) in [7, 11) is 0. The van der Waals surface area contributed by atoms with Crippen molar-refractivity contribution in [3.63, 3.8) is 0 Å². The van der Waals surface area contributed by atoms with Gasteiger partial charge in [-0.1, -0.05) is 23.7 Å². The lowest BCUT2D eigenvalue weighted by Crippen LogP contribution is -2.37. The summed E-state index contributed by atoms with van der Waals surface area (Å²) >= 11 is 7.85. The highest BCUT2D eigenvalue weighted by atomic mass is 35.5. The lowest BCUT2D eigenvalue weighted by Gasteiger charge is -2.24. The second kappa shape index (κ2) is 8.81. The monoisotopic (exact) mass is 378 g/mol. The largest absolute Gasteiger partial charge is 0.377 e. The third-order valence-electron chi connectivity index (χ3n) is 4.35. The number of rotatable bonds is 7. The van der Waals surface area contributed by atoms with Gasteiger partial charge < -0.3 is 10.1 Å². The molecule has 0 aliphatic carbocycles. The van der Waals surface area contributed by atoms with E-state index in [1.807, 2.05) is 31.2 Å². The van der Waals surface area contributed by atoms with Gasteiger partial charge >= 0.3 is 0 Å². The van der Waals surface area contributed by atoms with E-state index >= 15 is 0 Å². The highest BCUT2D eigenvalue weighted by Crippen LogP contribution is 2.23. The van der Waals surface area contributed by atoms with Crippen molar-refractivity contribution < 1.29 is 9.53 Å². The lowest BCUT2D eigenvalue weighted by molar-refractivity contribution is -0.117. The SMILES string of the molecule is Cc1c(Cl)cccc1NC(=O)CN(Cc1cccs1)C[C@H]1CCCO1. The molecule has 0 radical (unpaired) electrons. The summed E-state index contributed by atoms with van der Waals surface area (Å²) < 4.78 is 5.75. The van der Waals surface area contributed by atoms with Crippen LogP contribution in [0.1, 0.15) is 23.3 Å². The first-order valence-corrected chi connectivity index (χ1v) is 9.79. The molecular formula is C19H23ClN2O2S. The molecule has 4 nitrogen and oxygen atoms in total. The zero-order valence-corrected chi connectivity index (χ0v) is 15.9. The van der Waals surface area contributed by atoms with Crippen LogP contribution in [0.15, 0.2) is 35.7 Å². The zero-order valence-electron chi connectivity index (χ0n) is 14.3. The molecule has 1 aliphatic heterocycles. The maximum atomic E-state index is 12.6. The first-order valence-electron chi connectivity index (χ1n) is 8.53. The lowest BCUT2D eigenvalue weighted by atomic mass is 10.2. The minimum atomic E-state index is -0.0279. The van der Waals surface area contributed by atoms with E-state index < -0.39 is 0 Å². The molecule has 1 fully saturated rings. The number of halogens is 1. The fraction of sp³-hybridized carbons (Fsp3) is 0.421. The minimum Gasteiger partial charge on any atom is -0.377 e. The quantitative estimate of drug-likeness (QED) is 0.779. The Morgan fingerprint density at radius 2 is 2.28 bits per heavy atom. The number of benzene rings is 1. The van der Waals surface area contributed by atoms with Crippen molar-refractivity contribution in [1.29, 1.82) is 0 Å². The molecule has 0 bridgehead atoms. The summed E-state index contributed by atoms with van der Waals surface area (Å²) in [5.74, 6) is -0.0279. The molecule has 1 aromatic heterocycles. The Bertz CT molecular complexity index is 699. The molecule has 1 amide bonds. The topological polar surface area (TPSA) is 41.6 Å². The highest BCUT2D eigenvalue weighted by molar-refractivity contribution is 7.09. The summed E-state index contributed by atoms with van der Waals surface area (Å²) in [5.41, 5.74) is 1.66. The molecule has 2 heterocycles. The molecular weight excluding hydrogens is 356 g/mol. The van der Waals surface area contributed by atoms with Gasteiger partial charge in [-0.3, -0.25) is 9.69 Å². The van der Waals surface area contributed by atoms with Crippen LogP contribution < -0.4 is 5.32 Å². The molecule has 0 saturated carbocycles. The van der Waals surface area contributed by atoms with Crippen molar-refractivity contribution in [1.82, 2.24) is 4.90 Å². The third kappa shape index (κ3) is 5.28. The van der Waals surface area contributed by atoms with Gasteiger partial charge in [-0.25, -0.2) is 0 Å². The summed E-state index contributed by atoms with van der Waals surface area (Å²) in [6, 6.07) is 9.70. The van der Waals surface area contributed by atoms with Crippen molar-refractivity contribution in [2.75, 3.05) is 25.0 Å². The van der Waals surface area contributed by atoms with Crippen molar-refractivity contribution in [3.8, 4) is 0 Å². The van der Waals surface area contributed by atoms with Crippen LogP contribution in [-0.2, 0) is 16.1 Å². The van der Waals surface area contributed by atoms with E-state index in [0.29, 0.717) is 11.6 Å². The highest BCUT2D eigenvalue weighted by Gasteiger charge is 2.21. The molecule has 25 heavy (non-hydrogen) atoms. The molecule has 1 N–H and O–H groups in total. The molecule has 1 aromatic carbocycles. The molecule has 1 saturated heterocycles. The first kappa shape index (κ1) is 18.4. The zero-order chi connectivity index (χ0) is 17.6. The van der Waals surface area contributed by atoms with E-state index in [4.69, 9.17) is 16.3 Å². The fourth-order valence-electron chi connectivity index (χ4n) is 3.02. The van der Waals surface area contributed by atoms with Gasteiger partial charge in [-0.05, 0) is 48.9 Å². The average molecular weight is 379 g/mol. The first-order chi connectivity index (χ1) is 12.1. The van der Waals surface area contributed by atoms with Crippen LogP contribution >= 0.6 is 22.9 Å². The van der Waals surface area contributed by atoms with Gasteiger partial charge in [0.05, 0.1) is 12.6 Å². The maximum Gasteiger partial charge on any atom is 0.238 e. The maximum absolute atomic E-state index is 12.6. The molecule has 0 spiro atoms. The Labute approximate surface area is 157 Å². The standard InChI is InChI=1S/C19H23ClN2O2S/c1-14-17(20)7-2-8-18(14)21-19(23)13-22(11-15-5-3-9-24-15)12-16-6-4-10-25-16/h2,4,6-8,10,15H,3,5,9,11-13H2,1H3,(H,21,23)/t15-/m1/s1. The predicted molar refractivity (Wildman–Crippen MR) is 103 cm³/mol.